The fourth-order valence-electron chi connectivity index (χ4n) is 1.93. The van der Waals surface area contributed by atoms with E-state index in [2.05, 4.69) is 40.6 Å². The van der Waals surface area contributed by atoms with E-state index in [4.69, 9.17) is 0 Å². The van der Waals surface area contributed by atoms with Gasteiger partial charge in [-0.3, -0.25) is 0 Å². The monoisotopic (exact) mass is 208 g/mol. The van der Waals surface area contributed by atoms with Crippen LogP contribution >= 0.6 is 0 Å². The average Bonchev–Trinajstić information content (AvgIpc) is 2.35. The van der Waals surface area contributed by atoms with E-state index in [1.54, 1.807) is 0 Å². The van der Waals surface area contributed by atoms with Gasteiger partial charge in [-0.05, 0) is 24.3 Å². The van der Waals surface area contributed by atoms with E-state index in [9.17, 15) is 0 Å². The minimum absolute atomic E-state index is 1.03. The predicted octanol–water partition coefficient (Wildman–Crippen LogP) is 3.43. The standard InChI is InChI=1S/C14H12N2/c1-15-12-7-6-11-8-10-4-2-3-5-13(10)16-14(11)9-12/h2-9,15H,1H3. The Bertz CT molecular complexity index is 659. The molecule has 0 atom stereocenters. The van der Waals surface area contributed by atoms with Crippen LogP contribution in [-0.2, 0) is 0 Å². The number of para-hydroxylation sites is 1. The van der Waals surface area contributed by atoms with Gasteiger partial charge >= 0.3 is 0 Å². The molecule has 0 fully saturated rings. The SMILES string of the molecule is CNc1ccc2cc3ccccc3nc2c1. The Morgan fingerprint density at radius 2 is 1.69 bits per heavy atom. The molecule has 3 rings (SSSR count). The van der Waals surface area contributed by atoms with Crippen LogP contribution in [0.5, 0.6) is 0 Å². The van der Waals surface area contributed by atoms with Gasteiger partial charge in [-0.15, -0.1) is 0 Å². The highest BCUT2D eigenvalue weighted by atomic mass is 14.8. The van der Waals surface area contributed by atoms with Crippen molar-refractivity contribution in [3.8, 4) is 0 Å². The van der Waals surface area contributed by atoms with Gasteiger partial charge in [0, 0.05) is 23.5 Å². The maximum absolute atomic E-state index is 4.65. The molecule has 2 aromatic carbocycles. The second-order valence-corrected chi connectivity index (χ2v) is 3.84. The van der Waals surface area contributed by atoms with Gasteiger partial charge in [0.05, 0.1) is 11.0 Å². The lowest BCUT2D eigenvalue weighted by Gasteiger charge is -2.04. The van der Waals surface area contributed by atoms with Gasteiger partial charge in [-0.25, -0.2) is 4.98 Å². The number of rotatable bonds is 1. The summed E-state index contributed by atoms with van der Waals surface area (Å²) in [6.07, 6.45) is 0. The molecule has 0 spiro atoms. The molecule has 3 aromatic rings. The summed E-state index contributed by atoms with van der Waals surface area (Å²) in [6, 6.07) is 16.6. The van der Waals surface area contributed by atoms with Crippen molar-refractivity contribution in [2.24, 2.45) is 0 Å². The lowest BCUT2D eigenvalue weighted by molar-refractivity contribution is 1.47. The lowest BCUT2D eigenvalue weighted by atomic mass is 10.1. The van der Waals surface area contributed by atoms with Crippen LogP contribution in [0.3, 0.4) is 0 Å². The van der Waals surface area contributed by atoms with Crippen molar-refractivity contribution in [3.63, 3.8) is 0 Å². The van der Waals surface area contributed by atoms with Gasteiger partial charge in [-0.2, -0.15) is 0 Å². The van der Waals surface area contributed by atoms with Gasteiger partial charge in [0.2, 0.25) is 0 Å². The first kappa shape index (κ1) is 9.16. The van der Waals surface area contributed by atoms with E-state index < -0.39 is 0 Å². The van der Waals surface area contributed by atoms with Crippen LogP contribution in [0.4, 0.5) is 5.69 Å². The summed E-state index contributed by atoms with van der Waals surface area (Å²) >= 11 is 0. The third-order valence-corrected chi connectivity index (χ3v) is 2.81. The number of hydrogen-bond acceptors (Lipinski definition) is 2. The molecule has 1 N–H and O–H groups in total. The minimum Gasteiger partial charge on any atom is -0.388 e. The highest BCUT2D eigenvalue weighted by molar-refractivity contribution is 5.93. The minimum atomic E-state index is 1.03. The van der Waals surface area contributed by atoms with Crippen molar-refractivity contribution in [1.82, 2.24) is 4.98 Å². The molecule has 0 bridgehead atoms. The van der Waals surface area contributed by atoms with Crippen LogP contribution in [0.25, 0.3) is 21.8 Å². The molecule has 2 nitrogen and oxygen atoms in total. The zero-order chi connectivity index (χ0) is 11.0. The Balaban J connectivity index is 2.37. The second kappa shape index (κ2) is 3.49. The number of pyridine rings is 1. The zero-order valence-corrected chi connectivity index (χ0v) is 9.07. The van der Waals surface area contributed by atoms with E-state index in [0.717, 1.165) is 16.7 Å². The number of aromatic nitrogens is 1. The molecule has 16 heavy (non-hydrogen) atoms. The normalized spacial score (nSPS) is 10.8. The number of nitrogens with zero attached hydrogens (tertiary/aromatic N) is 1. The Hall–Kier alpha value is -2.09. The summed E-state index contributed by atoms with van der Waals surface area (Å²) in [6.45, 7) is 0. The van der Waals surface area contributed by atoms with Crippen molar-refractivity contribution < 1.29 is 0 Å². The van der Waals surface area contributed by atoms with E-state index in [1.807, 2.05) is 25.2 Å². The lowest BCUT2D eigenvalue weighted by Crippen LogP contribution is -1.88. The zero-order valence-electron chi connectivity index (χ0n) is 9.07. The van der Waals surface area contributed by atoms with Crippen LogP contribution in [0.2, 0.25) is 0 Å². The van der Waals surface area contributed by atoms with Crippen molar-refractivity contribution in [1.29, 1.82) is 0 Å². The van der Waals surface area contributed by atoms with Crippen LogP contribution in [0, 0.1) is 0 Å². The van der Waals surface area contributed by atoms with E-state index in [0.29, 0.717) is 0 Å². The molecule has 0 unspecified atom stereocenters. The molecule has 1 aromatic heterocycles. The molecule has 78 valence electrons. The van der Waals surface area contributed by atoms with Gasteiger partial charge < -0.3 is 5.32 Å². The summed E-state index contributed by atoms with van der Waals surface area (Å²) < 4.78 is 0. The number of anilines is 1. The molecular formula is C14H12N2. The molecule has 0 amide bonds. The van der Waals surface area contributed by atoms with Gasteiger partial charge in [-0.1, -0.05) is 24.3 Å². The highest BCUT2D eigenvalue weighted by Gasteiger charge is 1.99. The Labute approximate surface area is 93.9 Å². The summed E-state index contributed by atoms with van der Waals surface area (Å²) in [4.78, 5) is 4.65. The molecule has 0 aliphatic heterocycles. The molecule has 0 saturated heterocycles. The summed E-state index contributed by atoms with van der Waals surface area (Å²) in [5.41, 5.74) is 3.17. The first-order chi connectivity index (χ1) is 7.86. The maximum Gasteiger partial charge on any atom is 0.0730 e. The smallest absolute Gasteiger partial charge is 0.0730 e. The first-order valence-corrected chi connectivity index (χ1v) is 5.34. The number of benzene rings is 2. The molecule has 2 heteroatoms. The third kappa shape index (κ3) is 1.39. The largest absolute Gasteiger partial charge is 0.388 e. The fraction of sp³-hybridized carbons (Fsp3) is 0.0714. The Morgan fingerprint density at radius 3 is 2.56 bits per heavy atom. The fourth-order valence-corrected chi connectivity index (χ4v) is 1.93. The van der Waals surface area contributed by atoms with E-state index >= 15 is 0 Å². The van der Waals surface area contributed by atoms with Gasteiger partial charge in [0.15, 0.2) is 0 Å². The predicted molar refractivity (Wildman–Crippen MR) is 68.8 cm³/mol. The Morgan fingerprint density at radius 1 is 0.875 bits per heavy atom. The van der Waals surface area contributed by atoms with Crippen molar-refractivity contribution in [2.45, 2.75) is 0 Å². The van der Waals surface area contributed by atoms with Crippen LogP contribution in [0.1, 0.15) is 0 Å². The van der Waals surface area contributed by atoms with Gasteiger partial charge in [0.25, 0.3) is 0 Å². The van der Waals surface area contributed by atoms with Crippen molar-refractivity contribution in [2.75, 3.05) is 12.4 Å². The highest BCUT2D eigenvalue weighted by Crippen LogP contribution is 2.21. The summed E-state index contributed by atoms with van der Waals surface area (Å²) in [7, 11) is 1.92. The van der Waals surface area contributed by atoms with Crippen LogP contribution in [0.15, 0.2) is 48.5 Å². The number of nitrogens with one attached hydrogen (secondary N) is 1. The number of hydrogen-bond donors (Lipinski definition) is 1. The molecule has 0 aliphatic carbocycles. The topological polar surface area (TPSA) is 24.9 Å². The van der Waals surface area contributed by atoms with Crippen molar-refractivity contribution >= 4 is 27.5 Å². The summed E-state index contributed by atoms with van der Waals surface area (Å²) in [5, 5.41) is 5.49. The van der Waals surface area contributed by atoms with Crippen molar-refractivity contribution in [3.05, 3.63) is 48.5 Å². The summed E-state index contributed by atoms with van der Waals surface area (Å²) in [5.74, 6) is 0. The molecule has 0 saturated carbocycles. The van der Waals surface area contributed by atoms with E-state index in [1.165, 1.54) is 10.8 Å². The second-order valence-electron chi connectivity index (χ2n) is 3.84. The molecular weight excluding hydrogens is 196 g/mol. The maximum atomic E-state index is 4.65. The van der Waals surface area contributed by atoms with Crippen LogP contribution in [-0.4, -0.2) is 12.0 Å². The third-order valence-electron chi connectivity index (χ3n) is 2.81. The van der Waals surface area contributed by atoms with Gasteiger partial charge in [0.1, 0.15) is 0 Å². The van der Waals surface area contributed by atoms with Crippen LogP contribution < -0.4 is 5.32 Å². The quantitative estimate of drug-likeness (QED) is 0.620. The first-order valence-electron chi connectivity index (χ1n) is 5.34. The Kier molecular flexibility index (Phi) is 2.00. The van der Waals surface area contributed by atoms with E-state index in [-0.39, 0.29) is 0 Å². The molecule has 0 radical (unpaired) electrons. The number of fused-ring (bicyclic) bond motifs is 2. The average molecular weight is 208 g/mol. The molecule has 1 heterocycles. The molecule has 0 aliphatic rings.